The molecular formula is C18H25N5O2. The van der Waals surface area contributed by atoms with Gasteiger partial charge in [-0.25, -0.2) is 4.79 Å². The molecule has 3 rings (SSSR count). The van der Waals surface area contributed by atoms with Gasteiger partial charge in [0.05, 0.1) is 12.6 Å². The number of aliphatic hydroxyl groups is 1. The molecule has 2 amide bonds. The van der Waals surface area contributed by atoms with Crippen molar-refractivity contribution in [3.05, 3.63) is 48.3 Å². The quantitative estimate of drug-likeness (QED) is 0.861. The zero-order chi connectivity index (χ0) is 17.6. The maximum absolute atomic E-state index is 12.4. The molecule has 1 aliphatic heterocycles. The number of nitrogens with one attached hydrogen (secondary N) is 1. The topological polar surface area (TPSA) is 73.6 Å². The number of hydrogen-bond donors (Lipinski definition) is 2. The molecule has 1 aromatic carbocycles. The van der Waals surface area contributed by atoms with Gasteiger partial charge >= 0.3 is 6.03 Å². The molecule has 1 aliphatic rings. The smallest absolute Gasteiger partial charge is 0.321 e. The number of urea groups is 1. The number of carbonyl (C=O) groups is 1. The molecule has 2 N–H and O–H groups in total. The Hall–Kier alpha value is -2.38. The van der Waals surface area contributed by atoms with Crippen molar-refractivity contribution < 1.29 is 9.90 Å². The summed E-state index contributed by atoms with van der Waals surface area (Å²) in [4.78, 5) is 16.4. The number of carbonyl (C=O) groups excluding carboxylic acids is 1. The fourth-order valence-electron chi connectivity index (χ4n) is 3.04. The number of β-amino-alcohol motifs (C(OH)–C–C–N with tert-alkyl or cyclic N) is 1. The van der Waals surface area contributed by atoms with Gasteiger partial charge in [-0.1, -0.05) is 12.1 Å². The van der Waals surface area contributed by atoms with Gasteiger partial charge in [-0.2, -0.15) is 5.10 Å². The summed E-state index contributed by atoms with van der Waals surface area (Å²) in [7, 11) is 0. The maximum Gasteiger partial charge on any atom is 0.321 e. The Kier molecular flexibility index (Phi) is 5.67. The van der Waals surface area contributed by atoms with Gasteiger partial charge in [-0.05, 0) is 30.7 Å². The first-order valence-corrected chi connectivity index (χ1v) is 8.60. The number of piperazine rings is 1. The van der Waals surface area contributed by atoms with Gasteiger partial charge in [0.25, 0.3) is 0 Å². The number of amides is 2. The van der Waals surface area contributed by atoms with Crippen molar-refractivity contribution in [1.29, 1.82) is 0 Å². The van der Waals surface area contributed by atoms with Crippen molar-refractivity contribution in [1.82, 2.24) is 19.6 Å². The third-order valence-corrected chi connectivity index (χ3v) is 4.35. The van der Waals surface area contributed by atoms with E-state index in [1.165, 1.54) is 0 Å². The van der Waals surface area contributed by atoms with Crippen LogP contribution in [0.1, 0.15) is 5.56 Å². The molecule has 1 saturated heterocycles. The summed E-state index contributed by atoms with van der Waals surface area (Å²) in [6.07, 6.45) is 3.09. The van der Waals surface area contributed by atoms with Crippen LogP contribution in [0.5, 0.6) is 0 Å². The van der Waals surface area contributed by atoms with Gasteiger partial charge in [0.1, 0.15) is 0 Å². The predicted octanol–water partition coefficient (Wildman–Crippen LogP) is 1.40. The molecule has 1 atom stereocenters. The van der Waals surface area contributed by atoms with E-state index in [1.54, 1.807) is 10.9 Å². The minimum Gasteiger partial charge on any atom is -0.390 e. The van der Waals surface area contributed by atoms with Crippen molar-refractivity contribution >= 4 is 11.7 Å². The molecule has 134 valence electrons. The highest BCUT2D eigenvalue weighted by Gasteiger charge is 2.22. The Morgan fingerprint density at radius 1 is 1.24 bits per heavy atom. The van der Waals surface area contributed by atoms with Crippen LogP contribution in [-0.4, -0.2) is 69.5 Å². The number of aromatic nitrogens is 2. The summed E-state index contributed by atoms with van der Waals surface area (Å²) in [5, 5.41) is 17.2. The van der Waals surface area contributed by atoms with E-state index in [1.807, 2.05) is 48.4 Å². The van der Waals surface area contributed by atoms with Crippen molar-refractivity contribution in [2.45, 2.75) is 19.6 Å². The first-order chi connectivity index (χ1) is 12.1. The summed E-state index contributed by atoms with van der Waals surface area (Å²) in [6.45, 7) is 5.92. The monoisotopic (exact) mass is 343 g/mol. The van der Waals surface area contributed by atoms with E-state index in [-0.39, 0.29) is 6.03 Å². The second-order valence-electron chi connectivity index (χ2n) is 6.47. The fraction of sp³-hybridized carbons (Fsp3) is 0.444. The van der Waals surface area contributed by atoms with Crippen molar-refractivity contribution in [3.8, 4) is 0 Å². The normalized spacial score (nSPS) is 16.6. The molecule has 2 heterocycles. The summed E-state index contributed by atoms with van der Waals surface area (Å²) < 4.78 is 1.73. The molecule has 0 unspecified atom stereocenters. The van der Waals surface area contributed by atoms with Gasteiger partial charge in [0.15, 0.2) is 0 Å². The minimum atomic E-state index is -0.465. The van der Waals surface area contributed by atoms with E-state index in [2.05, 4.69) is 15.3 Å². The largest absolute Gasteiger partial charge is 0.390 e. The van der Waals surface area contributed by atoms with E-state index < -0.39 is 6.10 Å². The highest BCUT2D eigenvalue weighted by atomic mass is 16.3. The zero-order valence-electron chi connectivity index (χ0n) is 14.5. The number of benzene rings is 1. The van der Waals surface area contributed by atoms with Crippen LogP contribution in [0.3, 0.4) is 0 Å². The SMILES string of the molecule is Cc1cccc(NC(=O)N2CCN(C[C@H](O)Cn3cccn3)CC2)c1. The fourth-order valence-corrected chi connectivity index (χ4v) is 3.04. The number of aryl methyl sites for hydroxylation is 1. The summed E-state index contributed by atoms with van der Waals surface area (Å²) in [5.41, 5.74) is 1.94. The van der Waals surface area contributed by atoms with Crippen LogP contribution >= 0.6 is 0 Å². The molecule has 2 aromatic rings. The lowest BCUT2D eigenvalue weighted by Gasteiger charge is -2.35. The van der Waals surface area contributed by atoms with Crippen LogP contribution in [0, 0.1) is 6.92 Å². The molecule has 7 heteroatoms. The van der Waals surface area contributed by atoms with E-state index in [9.17, 15) is 9.90 Å². The molecule has 1 aromatic heterocycles. The first-order valence-electron chi connectivity index (χ1n) is 8.60. The van der Waals surface area contributed by atoms with Gasteiger partial charge in [-0.15, -0.1) is 0 Å². The lowest BCUT2D eigenvalue weighted by molar-refractivity contribution is 0.0715. The van der Waals surface area contributed by atoms with Crippen molar-refractivity contribution in [2.24, 2.45) is 0 Å². The minimum absolute atomic E-state index is 0.0673. The molecule has 0 spiro atoms. The van der Waals surface area contributed by atoms with Crippen LogP contribution in [0.25, 0.3) is 0 Å². The highest BCUT2D eigenvalue weighted by Crippen LogP contribution is 2.12. The summed E-state index contributed by atoms with van der Waals surface area (Å²) in [5.74, 6) is 0. The standard InChI is InChI=1S/C18H25N5O2/c1-15-4-2-5-16(12-15)20-18(25)22-10-8-21(9-11-22)13-17(24)14-23-7-3-6-19-23/h2-7,12,17,24H,8-11,13-14H2,1H3,(H,20,25)/t17-/m0/s1. The maximum atomic E-state index is 12.4. The third kappa shape index (κ3) is 5.04. The van der Waals surface area contributed by atoms with Crippen LogP contribution in [0.2, 0.25) is 0 Å². The number of rotatable bonds is 5. The number of nitrogens with zero attached hydrogens (tertiary/aromatic N) is 4. The Balaban J connectivity index is 1.42. The Bertz CT molecular complexity index is 681. The number of hydrogen-bond acceptors (Lipinski definition) is 4. The van der Waals surface area contributed by atoms with Gasteiger partial charge < -0.3 is 15.3 Å². The number of aliphatic hydroxyl groups excluding tert-OH is 1. The molecule has 0 aliphatic carbocycles. The third-order valence-electron chi connectivity index (χ3n) is 4.35. The molecule has 0 saturated carbocycles. The molecule has 25 heavy (non-hydrogen) atoms. The second-order valence-corrected chi connectivity index (χ2v) is 6.47. The van der Waals surface area contributed by atoms with E-state index in [0.717, 1.165) is 24.3 Å². The molecule has 0 radical (unpaired) electrons. The van der Waals surface area contributed by atoms with Crippen molar-refractivity contribution in [2.75, 3.05) is 38.0 Å². The summed E-state index contributed by atoms with van der Waals surface area (Å²) >= 11 is 0. The van der Waals surface area contributed by atoms with E-state index in [0.29, 0.717) is 26.2 Å². The Morgan fingerprint density at radius 2 is 2.04 bits per heavy atom. The highest BCUT2D eigenvalue weighted by molar-refractivity contribution is 5.89. The Labute approximate surface area is 147 Å². The van der Waals surface area contributed by atoms with Crippen LogP contribution in [0.4, 0.5) is 10.5 Å². The summed E-state index contributed by atoms with van der Waals surface area (Å²) in [6, 6.07) is 9.57. The average molecular weight is 343 g/mol. The van der Waals surface area contributed by atoms with Gasteiger partial charge in [0.2, 0.25) is 0 Å². The molecule has 1 fully saturated rings. The molecular weight excluding hydrogens is 318 g/mol. The number of anilines is 1. The zero-order valence-corrected chi connectivity index (χ0v) is 14.5. The second kappa shape index (κ2) is 8.13. The Morgan fingerprint density at radius 3 is 2.72 bits per heavy atom. The van der Waals surface area contributed by atoms with Crippen LogP contribution in [0.15, 0.2) is 42.7 Å². The van der Waals surface area contributed by atoms with Crippen LogP contribution < -0.4 is 5.32 Å². The predicted molar refractivity (Wildman–Crippen MR) is 96.4 cm³/mol. The average Bonchev–Trinajstić information content (AvgIpc) is 3.08. The van der Waals surface area contributed by atoms with Gasteiger partial charge in [0, 0.05) is 50.8 Å². The van der Waals surface area contributed by atoms with E-state index in [4.69, 9.17) is 0 Å². The lowest BCUT2D eigenvalue weighted by Crippen LogP contribution is -2.51. The lowest BCUT2D eigenvalue weighted by atomic mass is 10.2. The van der Waals surface area contributed by atoms with E-state index >= 15 is 0 Å². The van der Waals surface area contributed by atoms with Crippen molar-refractivity contribution in [3.63, 3.8) is 0 Å². The van der Waals surface area contributed by atoms with Gasteiger partial charge in [-0.3, -0.25) is 9.58 Å². The molecule has 0 bridgehead atoms. The molecule has 7 nitrogen and oxygen atoms in total. The first kappa shape index (κ1) is 17.4. The van der Waals surface area contributed by atoms with Crippen LogP contribution in [-0.2, 0) is 6.54 Å².